The van der Waals surface area contributed by atoms with E-state index in [-0.39, 0.29) is 12.6 Å². The van der Waals surface area contributed by atoms with E-state index in [0.717, 1.165) is 37.3 Å². The minimum atomic E-state index is 0.185. The van der Waals surface area contributed by atoms with E-state index < -0.39 is 0 Å². The van der Waals surface area contributed by atoms with Crippen molar-refractivity contribution in [3.8, 4) is 11.5 Å². The van der Waals surface area contributed by atoms with E-state index in [9.17, 15) is 5.11 Å². The summed E-state index contributed by atoms with van der Waals surface area (Å²) in [6, 6.07) is 15.1. The van der Waals surface area contributed by atoms with Gasteiger partial charge in [0.15, 0.2) is 11.5 Å². The highest BCUT2D eigenvalue weighted by Crippen LogP contribution is 2.39. The number of aryl methyl sites for hydroxylation is 1. The highest BCUT2D eigenvalue weighted by Gasteiger charge is 2.28. The molecule has 0 amide bonds. The first kappa shape index (κ1) is 17.8. The molecule has 1 N–H and O–H groups in total. The van der Waals surface area contributed by atoms with Crippen LogP contribution in [0.5, 0.6) is 11.5 Å². The zero-order valence-electron chi connectivity index (χ0n) is 15.1. The highest BCUT2D eigenvalue weighted by molar-refractivity contribution is 5.49. The van der Waals surface area contributed by atoms with Crippen molar-refractivity contribution >= 4 is 0 Å². The van der Waals surface area contributed by atoms with Gasteiger partial charge in [0.25, 0.3) is 0 Å². The summed E-state index contributed by atoms with van der Waals surface area (Å²) in [5.74, 6) is 1.57. The third kappa shape index (κ3) is 3.97. The predicted octanol–water partition coefficient (Wildman–Crippen LogP) is 3.23. The predicted molar refractivity (Wildman–Crippen MR) is 99.4 cm³/mol. The molecular formula is C21H27NO3. The highest BCUT2D eigenvalue weighted by atomic mass is 16.5. The largest absolute Gasteiger partial charge is 0.493 e. The molecule has 0 bridgehead atoms. The summed E-state index contributed by atoms with van der Waals surface area (Å²) in [7, 11) is 3.36. The molecule has 0 saturated heterocycles. The van der Waals surface area contributed by atoms with Gasteiger partial charge in [-0.05, 0) is 48.1 Å². The van der Waals surface area contributed by atoms with Crippen LogP contribution in [0.2, 0.25) is 0 Å². The Labute approximate surface area is 150 Å². The maximum Gasteiger partial charge on any atom is 0.161 e. The van der Waals surface area contributed by atoms with Crippen molar-refractivity contribution in [3.63, 3.8) is 0 Å². The number of methoxy groups -OCH3 is 2. The Hall–Kier alpha value is -2.04. The first-order chi connectivity index (χ1) is 12.3. The molecule has 134 valence electrons. The van der Waals surface area contributed by atoms with Crippen molar-refractivity contribution in [1.29, 1.82) is 0 Å². The van der Waals surface area contributed by atoms with Gasteiger partial charge >= 0.3 is 0 Å². The summed E-state index contributed by atoms with van der Waals surface area (Å²) in [4.78, 5) is 2.39. The van der Waals surface area contributed by atoms with Crippen molar-refractivity contribution in [1.82, 2.24) is 4.90 Å². The molecule has 0 saturated carbocycles. The third-order valence-electron chi connectivity index (χ3n) is 5.05. The standard InChI is InChI=1S/C21H27NO3/c1-24-20-14-17-10-11-22(12-13-23)19(18(17)15-21(20)25-2)9-8-16-6-4-3-5-7-16/h3-7,14-15,19,23H,8-13H2,1-2H3. The molecular weight excluding hydrogens is 314 g/mol. The molecule has 1 atom stereocenters. The second-order valence-corrected chi connectivity index (χ2v) is 6.46. The van der Waals surface area contributed by atoms with E-state index in [2.05, 4.69) is 47.4 Å². The van der Waals surface area contributed by atoms with Crippen LogP contribution in [0.15, 0.2) is 42.5 Å². The summed E-state index contributed by atoms with van der Waals surface area (Å²) in [6.07, 6.45) is 3.01. The number of benzene rings is 2. The third-order valence-corrected chi connectivity index (χ3v) is 5.05. The van der Waals surface area contributed by atoms with Crippen LogP contribution in [-0.4, -0.2) is 43.9 Å². The summed E-state index contributed by atoms with van der Waals surface area (Å²) < 4.78 is 11.0. The number of aliphatic hydroxyl groups is 1. The average Bonchev–Trinajstić information content (AvgIpc) is 2.66. The molecule has 0 aliphatic carbocycles. The Balaban J connectivity index is 1.89. The second-order valence-electron chi connectivity index (χ2n) is 6.46. The Kier molecular flexibility index (Phi) is 5.95. The van der Waals surface area contributed by atoms with Crippen molar-refractivity contribution in [2.75, 3.05) is 33.9 Å². The monoisotopic (exact) mass is 341 g/mol. The molecule has 1 unspecified atom stereocenters. The Bertz CT molecular complexity index is 687. The van der Waals surface area contributed by atoms with Gasteiger partial charge in [-0.15, -0.1) is 0 Å². The lowest BCUT2D eigenvalue weighted by molar-refractivity contribution is 0.135. The maximum absolute atomic E-state index is 9.47. The van der Waals surface area contributed by atoms with E-state index in [0.29, 0.717) is 6.54 Å². The van der Waals surface area contributed by atoms with Crippen molar-refractivity contribution < 1.29 is 14.6 Å². The van der Waals surface area contributed by atoms with Crippen molar-refractivity contribution in [3.05, 3.63) is 59.2 Å². The van der Waals surface area contributed by atoms with Gasteiger partial charge in [-0.2, -0.15) is 0 Å². The van der Waals surface area contributed by atoms with Crippen LogP contribution in [0.25, 0.3) is 0 Å². The quantitative estimate of drug-likeness (QED) is 0.840. The van der Waals surface area contributed by atoms with E-state index in [4.69, 9.17) is 9.47 Å². The van der Waals surface area contributed by atoms with Crippen LogP contribution in [-0.2, 0) is 12.8 Å². The molecule has 4 heteroatoms. The van der Waals surface area contributed by atoms with Crippen molar-refractivity contribution in [2.24, 2.45) is 0 Å². The minimum absolute atomic E-state index is 0.185. The number of fused-ring (bicyclic) bond motifs is 1. The smallest absolute Gasteiger partial charge is 0.161 e. The lowest BCUT2D eigenvalue weighted by Crippen LogP contribution is -2.37. The molecule has 25 heavy (non-hydrogen) atoms. The fraction of sp³-hybridized carbons (Fsp3) is 0.429. The molecule has 2 aromatic rings. The molecule has 4 nitrogen and oxygen atoms in total. The first-order valence-electron chi connectivity index (χ1n) is 8.90. The van der Waals surface area contributed by atoms with Gasteiger partial charge in [0.2, 0.25) is 0 Å². The van der Waals surface area contributed by atoms with Gasteiger partial charge in [0.05, 0.1) is 20.8 Å². The number of ether oxygens (including phenoxy) is 2. The Morgan fingerprint density at radius 1 is 1.08 bits per heavy atom. The van der Waals surface area contributed by atoms with Gasteiger partial charge in [-0.25, -0.2) is 0 Å². The number of nitrogens with zero attached hydrogens (tertiary/aromatic N) is 1. The zero-order chi connectivity index (χ0) is 17.6. The van der Waals surface area contributed by atoms with Crippen LogP contribution in [0.3, 0.4) is 0 Å². The van der Waals surface area contributed by atoms with E-state index in [1.807, 2.05) is 0 Å². The lowest BCUT2D eigenvalue weighted by atomic mass is 9.88. The molecule has 1 aliphatic heterocycles. The van der Waals surface area contributed by atoms with Crippen molar-refractivity contribution in [2.45, 2.75) is 25.3 Å². The number of β-amino-alcohol motifs (C(OH)–C–C–N with tert-alkyl or cyclic N) is 1. The molecule has 2 aromatic carbocycles. The van der Waals surface area contributed by atoms with Gasteiger partial charge in [0, 0.05) is 19.1 Å². The van der Waals surface area contributed by atoms with Crippen LogP contribution in [0, 0.1) is 0 Å². The van der Waals surface area contributed by atoms with E-state index in [1.54, 1.807) is 14.2 Å². The average molecular weight is 341 g/mol. The van der Waals surface area contributed by atoms with Crippen LogP contribution in [0.4, 0.5) is 0 Å². The van der Waals surface area contributed by atoms with Gasteiger partial charge in [0.1, 0.15) is 0 Å². The first-order valence-corrected chi connectivity index (χ1v) is 8.90. The molecule has 1 heterocycles. The molecule has 1 aliphatic rings. The number of hydrogen-bond donors (Lipinski definition) is 1. The normalized spacial score (nSPS) is 17.2. The number of rotatable bonds is 7. The van der Waals surface area contributed by atoms with Crippen LogP contribution >= 0.6 is 0 Å². The lowest BCUT2D eigenvalue weighted by Gasteiger charge is -2.37. The minimum Gasteiger partial charge on any atom is -0.493 e. The fourth-order valence-electron chi connectivity index (χ4n) is 3.76. The summed E-state index contributed by atoms with van der Waals surface area (Å²) in [6.45, 7) is 1.85. The number of hydrogen-bond acceptors (Lipinski definition) is 4. The molecule has 0 radical (unpaired) electrons. The molecule has 0 fully saturated rings. The van der Waals surface area contributed by atoms with E-state index >= 15 is 0 Å². The molecule has 0 spiro atoms. The number of aliphatic hydroxyl groups excluding tert-OH is 1. The summed E-state index contributed by atoms with van der Waals surface area (Å²) in [5.41, 5.74) is 3.97. The van der Waals surface area contributed by atoms with Gasteiger partial charge in [-0.3, -0.25) is 4.90 Å². The zero-order valence-corrected chi connectivity index (χ0v) is 15.1. The molecule has 3 rings (SSSR count). The maximum atomic E-state index is 9.47. The summed E-state index contributed by atoms with van der Waals surface area (Å²) >= 11 is 0. The topological polar surface area (TPSA) is 41.9 Å². The fourth-order valence-corrected chi connectivity index (χ4v) is 3.76. The SMILES string of the molecule is COc1cc2c(cc1OC)C(CCc1ccccc1)N(CCO)CC2. The summed E-state index contributed by atoms with van der Waals surface area (Å²) in [5, 5.41) is 9.47. The second kappa shape index (κ2) is 8.37. The van der Waals surface area contributed by atoms with Gasteiger partial charge in [-0.1, -0.05) is 30.3 Å². The van der Waals surface area contributed by atoms with Crippen LogP contribution < -0.4 is 9.47 Å². The van der Waals surface area contributed by atoms with Gasteiger partial charge < -0.3 is 14.6 Å². The van der Waals surface area contributed by atoms with Crippen LogP contribution in [0.1, 0.15) is 29.2 Å². The van der Waals surface area contributed by atoms with E-state index in [1.165, 1.54) is 16.7 Å². The molecule has 0 aromatic heterocycles. The Morgan fingerprint density at radius 3 is 2.48 bits per heavy atom. The Morgan fingerprint density at radius 2 is 1.80 bits per heavy atom.